The first-order chi connectivity index (χ1) is 34.2. The summed E-state index contributed by atoms with van der Waals surface area (Å²) in [6, 6.07) is 0. The van der Waals surface area contributed by atoms with Crippen LogP contribution in [0.3, 0.4) is 0 Å². The zero-order valence-corrected chi connectivity index (χ0v) is 46.7. The molecule has 0 bridgehead atoms. The average molecular weight is 1020 g/mol. The first-order valence-corrected chi connectivity index (χ1v) is 31.1. The summed E-state index contributed by atoms with van der Waals surface area (Å²) in [7, 11) is -4.73. The van der Waals surface area contributed by atoms with E-state index in [0.29, 0.717) is 19.3 Å². The molecule has 0 aromatic heterocycles. The summed E-state index contributed by atoms with van der Waals surface area (Å²) < 4.78 is 39.5. The van der Waals surface area contributed by atoms with Crippen molar-refractivity contribution in [2.75, 3.05) is 26.4 Å². The van der Waals surface area contributed by atoms with Crippen molar-refractivity contribution in [3.8, 4) is 0 Å². The van der Waals surface area contributed by atoms with E-state index in [2.05, 4.69) is 32.9 Å². The van der Waals surface area contributed by atoms with Crippen molar-refractivity contribution in [1.29, 1.82) is 0 Å². The van der Waals surface area contributed by atoms with Crippen LogP contribution in [-0.4, -0.2) is 66.5 Å². The minimum atomic E-state index is -4.73. The lowest BCUT2D eigenvalue weighted by molar-refractivity contribution is -0.161. The number of hydrogen-bond acceptors (Lipinski definition) is 10. The van der Waals surface area contributed by atoms with Crippen LogP contribution in [0.25, 0.3) is 0 Å². The Labute approximate surface area is 430 Å². The van der Waals surface area contributed by atoms with E-state index < -0.39 is 57.8 Å². The molecule has 0 fully saturated rings. The van der Waals surface area contributed by atoms with Crippen molar-refractivity contribution in [2.24, 2.45) is 0 Å². The van der Waals surface area contributed by atoms with Crippen LogP contribution in [0.4, 0.5) is 0 Å². The fraction of sp³-hybridized carbons (Fsp3) is 0.914. The summed E-state index contributed by atoms with van der Waals surface area (Å²) >= 11 is 0. The summed E-state index contributed by atoms with van der Waals surface area (Å²) in [6.07, 6.45) is 51.8. The number of aliphatic hydroxyl groups excluding tert-OH is 1. The number of rotatable bonds is 56. The van der Waals surface area contributed by atoms with Crippen LogP contribution in [0.5, 0.6) is 0 Å². The molecule has 0 aliphatic carbocycles. The highest BCUT2D eigenvalue weighted by Gasteiger charge is 2.28. The number of phosphoric ester groups is 1. The monoisotopic (exact) mass is 1010 g/mol. The van der Waals surface area contributed by atoms with Gasteiger partial charge in [-0.3, -0.25) is 23.4 Å². The number of aliphatic hydroxyl groups is 1. The molecule has 0 amide bonds. The Morgan fingerprint density at radius 2 is 0.657 bits per heavy atom. The largest absolute Gasteiger partial charge is 0.472 e. The predicted molar refractivity (Wildman–Crippen MR) is 289 cm³/mol. The average Bonchev–Trinajstić information content (AvgIpc) is 3.35. The van der Waals surface area contributed by atoms with E-state index in [-0.39, 0.29) is 25.9 Å². The molecular formula is C58H111O11P. The molecule has 0 aliphatic rings. The molecule has 3 unspecified atom stereocenters. The number of esters is 3. The normalized spacial score (nSPS) is 13.4. The van der Waals surface area contributed by atoms with Crippen LogP contribution in [0.1, 0.15) is 303 Å². The molecular weight excluding hydrogens is 904 g/mol. The summed E-state index contributed by atoms with van der Waals surface area (Å²) in [4.78, 5) is 48.4. The Morgan fingerprint density at radius 3 is 0.986 bits per heavy atom. The van der Waals surface area contributed by atoms with Gasteiger partial charge in [0.15, 0.2) is 6.10 Å². The second-order valence-corrected chi connectivity index (χ2v) is 21.6. The third-order valence-corrected chi connectivity index (χ3v) is 14.1. The molecule has 0 radical (unpaired) electrons. The standard InChI is InChI=1S/C58H111O11P/c1-4-7-10-13-16-19-21-23-25-26-27-28-30-31-33-36-38-41-44-47-56(60)65-51-55(69-58(62)49-46-43-40-37-34-32-29-24-22-20-17-14-11-8-5-2)53-67-70(63,64)66-52-54(50-59)68-57(61)48-45-42-39-35-18-15-12-9-6-3/h23,25,54-55,59H,4-22,24,26-53H2,1-3H3,(H,63,64)/b25-23-. The zero-order valence-electron chi connectivity index (χ0n) is 45.8. The molecule has 11 nitrogen and oxygen atoms in total. The Hall–Kier alpha value is -1.78. The van der Waals surface area contributed by atoms with Gasteiger partial charge in [-0.25, -0.2) is 4.57 Å². The van der Waals surface area contributed by atoms with Gasteiger partial charge in [0.1, 0.15) is 12.7 Å². The van der Waals surface area contributed by atoms with E-state index in [9.17, 15) is 28.9 Å². The van der Waals surface area contributed by atoms with Gasteiger partial charge < -0.3 is 24.2 Å². The topological polar surface area (TPSA) is 155 Å². The van der Waals surface area contributed by atoms with E-state index in [1.807, 2.05) is 0 Å². The Morgan fingerprint density at radius 1 is 0.386 bits per heavy atom. The first-order valence-electron chi connectivity index (χ1n) is 29.6. The Balaban J connectivity index is 4.64. The highest BCUT2D eigenvalue weighted by Crippen LogP contribution is 2.43. The van der Waals surface area contributed by atoms with Crippen LogP contribution >= 0.6 is 7.82 Å². The number of hydrogen-bond donors (Lipinski definition) is 2. The predicted octanol–water partition coefficient (Wildman–Crippen LogP) is 17.3. The van der Waals surface area contributed by atoms with Crippen molar-refractivity contribution >= 4 is 25.7 Å². The highest BCUT2D eigenvalue weighted by atomic mass is 31.2. The summed E-state index contributed by atoms with van der Waals surface area (Å²) in [6.45, 7) is 4.67. The number of carbonyl (C=O) groups is 3. The summed E-state index contributed by atoms with van der Waals surface area (Å²) in [5, 5.41) is 9.77. The van der Waals surface area contributed by atoms with Gasteiger partial charge in [0.2, 0.25) is 0 Å². The molecule has 0 spiro atoms. The fourth-order valence-corrected chi connectivity index (χ4v) is 9.43. The maximum absolute atomic E-state index is 12.9. The lowest BCUT2D eigenvalue weighted by Crippen LogP contribution is -2.30. The van der Waals surface area contributed by atoms with Crippen LogP contribution in [0, 0.1) is 0 Å². The van der Waals surface area contributed by atoms with Crippen molar-refractivity contribution in [3.05, 3.63) is 12.2 Å². The zero-order chi connectivity index (χ0) is 51.3. The molecule has 12 heteroatoms. The van der Waals surface area contributed by atoms with E-state index in [1.54, 1.807) is 0 Å². The number of unbranched alkanes of at least 4 members (excludes halogenated alkanes) is 37. The van der Waals surface area contributed by atoms with Crippen LogP contribution in [0.2, 0.25) is 0 Å². The molecule has 0 heterocycles. The van der Waals surface area contributed by atoms with E-state index in [0.717, 1.165) is 57.8 Å². The highest BCUT2D eigenvalue weighted by molar-refractivity contribution is 7.47. The van der Waals surface area contributed by atoms with Crippen LogP contribution < -0.4 is 0 Å². The van der Waals surface area contributed by atoms with Gasteiger partial charge in [-0.1, -0.05) is 251 Å². The number of carbonyl (C=O) groups excluding carboxylic acids is 3. The Bertz CT molecular complexity index is 1230. The SMILES string of the molecule is CCCCCCCC/C=C\CCCCCCCCCCCC(=O)OCC(COP(=O)(O)OCC(CO)OC(=O)CCCCCCCCCCC)OC(=O)CCCCCCCCCCCCCCCCC. The summed E-state index contributed by atoms with van der Waals surface area (Å²) in [5.41, 5.74) is 0. The van der Waals surface area contributed by atoms with E-state index in [1.165, 1.54) is 186 Å². The molecule has 0 aliphatic heterocycles. The Kier molecular flexibility index (Phi) is 52.1. The molecule has 3 atom stereocenters. The summed E-state index contributed by atoms with van der Waals surface area (Å²) in [5.74, 6) is -1.44. The molecule has 414 valence electrons. The number of ether oxygens (including phenoxy) is 3. The van der Waals surface area contributed by atoms with Gasteiger partial charge in [0.25, 0.3) is 0 Å². The van der Waals surface area contributed by atoms with Gasteiger partial charge in [-0.05, 0) is 44.9 Å². The van der Waals surface area contributed by atoms with Gasteiger partial charge in [-0.15, -0.1) is 0 Å². The minimum absolute atomic E-state index is 0.176. The quantitative estimate of drug-likeness (QED) is 0.0197. The first kappa shape index (κ1) is 68.2. The molecule has 0 aromatic carbocycles. The third kappa shape index (κ3) is 51.1. The lowest BCUT2D eigenvalue weighted by atomic mass is 10.0. The molecule has 0 saturated carbocycles. The molecule has 0 rings (SSSR count). The smallest absolute Gasteiger partial charge is 0.462 e. The second kappa shape index (κ2) is 53.5. The van der Waals surface area contributed by atoms with Gasteiger partial charge in [-0.2, -0.15) is 0 Å². The van der Waals surface area contributed by atoms with Crippen molar-refractivity contribution < 1.29 is 52.2 Å². The fourth-order valence-electron chi connectivity index (χ4n) is 8.65. The van der Waals surface area contributed by atoms with Crippen molar-refractivity contribution in [2.45, 2.75) is 315 Å². The number of phosphoric acid groups is 1. The van der Waals surface area contributed by atoms with E-state index >= 15 is 0 Å². The number of allylic oxidation sites excluding steroid dienone is 2. The maximum atomic E-state index is 12.9. The van der Waals surface area contributed by atoms with Crippen LogP contribution in [-0.2, 0) is 42.2 Å². The van der Waals surface area contributed by atoms with Gasteiger partial charge in [0.05, 0.1) is 19.8 Å². The van der Waals surface area contributed by atoms with Crippen molar-refractivity contribution in [3.63, 3.8) is 0 Å². The molecule has 2 N–H and O–H groups in total. The molecule has 0 saturated heterocycles. The molecule has 0 aromatic rings. The minimum Gasteiger partial charge on any atom is -0.462 e. The van der Waals surface area contributed by atoms with Gasteiger partial charge >= 0.3 is 25.7 Å². The third-order valence-electron chi connectivity index (χ3n) is 13.2. The van der Waals surface area contributed by atoms with Crippen LogP contribution in [0.15, 0.2) is 12.2 Å². The van der Waals surface area contributed by atoms with Crippen molar-refractivity contribution in [1.82, 2.24) is 0 Å². The van der Waals surface area contributed by atoms with E-state index in [4.69, 9.17) is 23.3 Å². The second-order valence-electron chi connectivity index (χ2n) is 20.2. The molecule has 70 heavy (non-hydrogen) atoms. The van der Waals surface area contributed by atoms with Gasteiger partial charge in [0, 0.05) is 19.3 Å². The maximum Gasteiger partial charge on any atom is 0.472 e. The lowest BCUT2D eigenvalue weighted by Gasteiger charge is -2.21.